The molecule has 66 valence electrons. The highest BCUT2D eigenvalue weighted by Gasteiger charge is 2.26. The number of rotatable bonds is 4. The van der Waals surface area contributed by atoms with E-state index in [2.05, 4.69) is 25.6 Å². The third-order valence-electron chi connectivity index (χ3n) is 2.61. The highest BCUT2D eigenvalue weighted by molar-refractivity contribution is 6.04. The first-order valence-electron chi connectivity index (χ1n) is 4.06. The first-order chi connectivity index (χ1) is 4.95. The molecule has 4 N–H and O–H groups in total. The molecule has 0 rings (SSSR count). The number of nitrogens with zero attached hydrogens (tertiary/aromatic N) is 1. The molecule has 0 aliphatic carbocycles. The van der Waals surface area contributed by atoms with Crippen molar-refractivity contribution in [2.75, 3.05) is 13.2 Å². The maximum Gasteiger partial charge on any atom is 0.187 e. The van der Waals surface area contributed by atoms with Crippen molar-refractivity contribution >= 4 is 7.98 Å². The van der Waals surface area contributed by atoms with Gasteiger partial charge in [0, 0.05) is 12.7 Å². The lowest BCUT2D eigenvalue weighted by atomic mass is 9.83. The van der Waals surface area contributed by atoms with Gasteiger partial charge in [-0.15, -0.1) is 0 Å². The monoisotopic (exact) mass is 157 g/mol. The van der Waals surface area contributed by atoms with E-state index in [-0.39, 0.29) is 5.41 Å². The van der Waals surface area contributed by atoms with Crippen LogP contribution in [0.15, 0.2) is 0 Å². The fraction of sp³-hybridized carbons (Fsp3) is 1.00. The van der Waals surface area contributed by atoms with Gasteiger partial charge in [0.15, 0.2) is 7.98 Å². The Morgan fingerprint density at radius 1 is 1.45 bits per heavy atom. The third kappa shape index (κ3) is 2.81. The third-order valence-corrected chi connectivity index (χ3v) is 2.61. The molecule has 0 aromatic heterocycles. The van der Waals surface area contributed by atoms with Crippen molar-refractivity contribution in [1.29, 1.82) is 0 Å². The molecule has 4 heteroatoms. The Morgan fingerprint density at radius 3 is 2.18 bits per heavy atom. The molecule has 11 heavy (non-hydrogen) atoms. The molecule has 0 fully saturated rings. The molecule has 3 nitrogen and oxygen atoms in total. The first kappa shape index (κ1) is 10.9. The summed E-state index contributed by atoms with van der Waals surface area (Å²) >= 11 is 0. The fourth-order valence-electron chi connectivity index (χ4n) is 0.925. The molecule has 0 amide bonds. The average Bonchev–Trinajstić information content (AvgIpc) is 2.01. The van der Waals surface area contributed by atoms with Crippen molar-refractivity contribution in [1.82, 2.24) is 4.81 Å². The standard InChI is InChI=1S/C7H20BN3/c1-6(11(8)5-10)7(2,3)4-9/h6H,4-5,8-10H2,1-3H3. The topological polar surface area (TPSA) is 55.3 Å². The van der Waals surface area contributed by atoms with Crippen molar-refractivity contribution < 1.29 is 0 Å². The van der Waals surface area contributed by atoms with Crippen molar-refractivity contribution in [2.45, 2.75) is 26.8 Å². The molecule has 0 bridgehead atoms. The van der Waals surface area contributed by atoms with Gasteiger partial charge in [-0.25, -0.2) is 0 Å². The molecule has 0 spiro atoms. The Kier molecular flexibility index (Phi) is 4.07. The van der Waals surface area contributed by atoms with Crippen LogP contribution in [-0.2, 0) is 0 Å². The molecule has 0 saturated carbocycles. The zero-order valence-electron chi connectivity index (χ0n) is 8.09. The maximum absolute atomic E-state index is 5.63. The van der Waals surface area contributed by atoms with Gasteiger partial charge in [-0.1, -0.05) is 13.8 Å². The summed E-state index contributed by atoms with van der Waals surface area (Å²) in [6.07, 6.45) is 0. The quantitative estimate of drug-likeness (QED) is 0.412. The minimum absolute atomic E-state index is 0.147. The Labute approximate surface area is 70.5 Å². The van der Waals surface area contributed by atoms with Crippen LogP contribution in [0, 0.1) is 5.41 Å². The van der Waals surface area contributed by atoms with E-state index in [1.165, 1.54) is 0 Å². The SMILES string of the molecule is BN(CN)C(C)C(C)(C)CN. The van der Waals surface area contributed by atoms with Crippen LogP contribution < -0.4 is 11.5 Å². The summed E-state index contributed by atoms with van der Waals surface area (Å²) < 4.78 is 0. The van der Waals surface area contributed by atoms with E-state index >= 15 is 0 Å². The van der Waals surface area contributed by atoms with E-state index < -0.39 is 0 Å². The molecule has 0 aromatic rings. The van der Waals surface area contributed by atoms with Gasteiger partial charge in [-0.2, -0.15) is 0 Å². The maximum atomic E-state index is 5.63. The molecule has 0 heterocycles. The smallest absolute Gasteiger partial charge is 0.187 e. The average molecular weight is 157 g/mol. The highest BCUT2D eigenvalue weighted by Crippen LogP contribution is 2.21. The van der Waals surface area contributed by atoms with E-state index in [0.29, 0.717) is 19.3 Å². The number of nitrogens with two attached hydrogens (primary N) is 2. The van der Waals surface area contributed by atoms with E-state index in [1.807, 2.05) is 7.98 Å². The van der Waals surface area contributed by atoms with Gasteiger partial charge in [0.05, 0.1) is 0 Å². The number of hydrogen-bond acceptors (Lipinski definition) is 3. The van der Waals surface area contributed by atoms with Crippen LogP contribution in [0.3, 0.4) is 0 Å². The van der Waals surface area contributed by atoms with Crippen LogP contribution in [0.2, 0.25) is 0 Å². The largest absolute Gasteiger partial charge is 0.335 e. The normalized spacial score (nSPS) is 15.5. The molecule has 0 aliphatic rings. The van der Waals surface area contributed by atoms with E-state index in [9.17, 15) is 0 Å². The minimum Gasteiger partial charge on any atom is -0.335 e. The van der Waals surface area contributed by atoms with Crippen LogP contribution in [-0.4, -0.2) is 32.0 Å². The Balaban J connectivity index is 4.10. The van der Waals surface area contributed by atoms with Crippen LogP contribution in [0.1, 0.15) is 20.8 Å². The molecule has 0 aromatic carbocycles. The molecule has 0 aliphatic heterocycles. The van der Waals surface area contributed by atoms with Gasteiger partial charge in [0.2, 0.25) is 0 Å². The second kappa shape index (κ2) is 4.09. The zero-order valence-corrected chi connectivity index (χ0v) is 8.09. The second-order valence-corrected chi connectivity index (χ2v) is 3.81. The van der Waals surface area contributed by atoms with Crippen molar-refractivity contribution in [2.24, 2.45) is 16.9 Å². The number of hydrogen-bond donors (Lipinski definition) is 2. The van der Waals surface area contributed by atoms with Crippen LogP contribution in [0.25, 0.3) is 0 Å². The van der Waals surface area contributed by atoms with Gasteiger partial charge in [0.1, 0.15) is 0 Å². The van der Waals surface area contributed by atoms with Gasteiger partial charge < -0.3 is 16.3 Å². The predicted molar refractivity (Wildman–Crippen MR) is 51.7 cm³/mol. The summed E-state index contributed by atoms with van der Waals surface area (Å²) in [4.78, 5) is 2.10. The second-order valence-electron chi connectivity index (χ2n) is 3.81. The van der Waals surface area contributed by atoms with Gasteiger partial charge in [0.25, 0.3) is 0 Å². The predicted octanol–water partition coefficient (Wildman–Crippen LogP) is -0.874. The van der Waals surface area contributed by atoms with Gasteiger partial charge in [-0.3, -0.25) is 0 Å². The van der Waals surface area contributed by atoms with Crippen molar-refractivity contribution in [3.05, 3.63) is 0 Å². The molecular formula is C7H20BN3. The summed E-state index contributed by atoms with van der Waals surface area (Å²) in [6, 6.07) is 0.428. The molecule has 1 atom stereocenters. The van der Waals surface area contributed by atoms with E-state index in [0.717, 1.165) is 0 Å². The summed E-state index contributed by atoms with van der Waals surface area (Å²) in [5.74, 6) is 0. The molecule has 0 radical (unpaired) electrons. The van der Waals surface area contributed by atoms with Crippen LogP contribution in [0.5, 0.6) is 0 Å². The van der Waals surface area contributed by atoms with Crippen molar-refractivity contribution in [3.63, 3.8) is 0 Å². The summed E-state index contributed by atoms with van der Waals surface area (Å²) in [6.45, 7) is 7.75. The lowest BCUT2D eigenvalue weighted by molar-refractivity contribution is 0.188. The Hall–Kier alpha value is -0.0551. The van der Waals surface area contributed by atoms with Crippen LogP contribution >= 0.6 is 0 Å². The summed E-state index contributed by atoms with van der Waals surface area (Å²) in [5.41, 5.74) is 11.3. The van der Waals surface area contributed by atoms with Crippen LogP contribution in [0.4, 0.5) is 0 Å². The summed E-state index contributed by atoms with van der Waals surface area (Å²) in [7, 11) is 2.02. The first-order valence-corrected chi connectivity index (χ1v) is 4.06. The summed E-state index contributed by atoms with van der Waals surface area (Å²) in [5, 5.41) is 0. The molecule has 0 saturated heterocycles. The van der Waals surface area contributed by atoms with Crippen molar-refractivity contribution in [3.8, 4) is 0 Å². The lowest BCUT2D eigenvalue weighted by Crippen LogP contribution is -2.47. The lowest BCUT2D eigenvalue weighted by Gasteiger charge is -2.37. The fourth-order valence-corrected chi connectivity index (χ4v) is 0.925. The highest BCUT2D eigenvalue weighted by atomic mass is 15.1. The molecular weight excluding hydrogens is 137 g/mol. The zero-order chi connectivity index (χ0) is 9.07. The molecule has 1 unspecified atom stereocenters. The Morgan fingerprint density at radius 2 is 1.91 bits per heavy atom. The minimum atomic E-state index is 0.147. The van der Waals surface area contributed by atoms with E-state index in [4.69, 9.17) is 11.5 Å². The van der Waals surface area contributed by atoms with Gasteiger partial charge in [-0.05, 0) is 18.9 Å². The van der Waals surface area contributed by atoms with E-state index in [1.54, 1.807) is 0 Å². The van der Waals surface area contributed by atoms with Gasteiger partial charge >= 0.3 is 0 Å². The Bertz CT molecular complexity index is 116.